The molecule has 2 heterocycles. The first-order chi connectivity index (χ1) is 13.8. The second-order valence-corrected chi connectivity index (χ2v) is 8.42. The Morgan fingerprint density at radius 2 is 1.90 bits per heavy atom. The lowest BCUT2D eigenvalue weighted by Crippen LogP contribution is -2.46. The van der Waals surface area contributed by atoms with Crippen LogP contribution in [-0.2, 0) is 11.0 Å². The second kappa shape index (κ2) is 7.80. The third-order valence-electron chi connectivity index (χ3n) is 5.40. The molecule has 1 aliphatic heterocycles. The molecule has 1 fully saturated rings. The van der Waals surface area contributed by atoms with Crippen molar-refractivity contribution in [3.05, 3.63) is 70.6 Å². The molecule has 1 saturated heterocycles. The van der Waals surface area contributed by atoms with Crippen molar-refractivity contribution in [1.29, 1.82) is 0 Å². The SMILES string of the molecule is O=C(O)C1CCCCN1C(c1cccc(C(F)(F)F)c1)c1cc2ccccc2s1. The van der Waals surface area contributed by atoms with Crippen molar-refractivity contribution in [2.24, 2.45) is 0 Å². The zero-order valence-corrected chi connectivity index (χ0v) is 16.3. The summed E-state index contributed by atoms with van der Waals surface area (Å²) in [6, 6.07) is 13.8. The highest BCUT2D eigenvalue weighted by Crippen LogP contribution is 2.41. The van der Waals surface area contributed by atoms with Gasteiger partial charge < -0.3 is 5.11 Å². The van der Waals surface area contributed by atoms with Crippen molar-refractivity contribution in [2.75, 3.05) is 6.54 Å². The monoisotopic (exact) mass is 419 g/mol. The molecule has 0 radical (unpaired) electrons. The minimum atomic E-state index is -4.45. The Labute approximate surface area is 170 Å². The number of carboxylic acids is 1. The van der Waals surface area contributed by atoms with Gasteiger partial charge in [0.15, 0.2) is 0 Å². The summed E-state index contributed by atoms with van der Waals surface area (Å²) >= 11 is 1.51. The number of fused-ring (bicyclic) bond motifs is 1. The fraction of sp³-hybridized carbons (Fsp3) is 0.318. The molecular weight excluding hydrogens is 399 g/mol. The Kier molecular flexibility index (Phi) is 5.36. The molecule has 0 aliphatic carbocycles. The molecule has 3 nitrogen and oxygen atoms in total. The highest BCUT2D eigenvalue weighted by Gasteiger charge is 2.37. The van der Waals surface area contributed by atoms with E-state index < -0.39 is 29.8 Å². The lowest BCUT2D eigenvalue weighted by atomic mass is 9.94. The molecule has 2 aromatic carbocycles. The minimum absolute atomic E-state index is 0.472. The number of alkyl halides is 3. The van der Waals surface area contributed by atoms with Crippen LogP contribution < -0.4 is 0 Å². The third-order valence-corrected chi connectivity index (χ3v) is 6.57. The predicted molar refractivity (Wildman–Crippen MR) is 107 cm³/mol. The summed E-state index contributed by atoms with van der Waals surface area (Å²) in [7, 11) is 0. The van der Waals surface area contributed by atoms with Crippen LogP contribution in [0.1, 0.15) is 41.3 Å². The van der Waals surface area contributed by atoms with Crippen LogP contribution in [0.4, 0.5) is 13.2 Å². The van der Waals surface area contributed by atoms with Crippen LogP contribution in [0, 0.1) is 0 Å². The molecule has 152 valence electrons. The Morgan fingerprint density at radius 1 is 1.10 bits per heavy atom. The molecule has 7 heteroatoms. The van der Waals surface area contributed by atoms with Crippen molar-refractivity contribution in [3.8, 4) is 0 Å². The van der Waals surface area contributed by atoms with E-state index >= 15 is 0 Å². The molecule has 3 aromatic rings. The zero-order valence-electron chi connectivity index (χ0n) is 15.5. The van der Waals surface area contributed by atoms with E-state index in [2.05, 4.69) is 0 Å². The van der Waals surface area contributed by atoms with Gasteiger partial charge in [-0.05, 0) is 54.6 Å². The van der Waals surface area contributed by atoms with Crippen LogP contribution in [0.3, 0.4) is 0 Å². The van der Waals surface area contributed by atoms with Crippen LogP contribution in [-0.4, -0.2) is 28.6 Å². The Hall–Kier alpha value is -2.38. The number of rotatable bonds is 4. The predicted octanol–water partition coefficient (Wildman–Crippen LogP) is 5.95. The Morgan fingerprint density at radius 3 is 2.62 bits per heavy atom. The topological polar surface area (TPSA) is 40.5 Å². The van der Waals surface area contributed by atoms with Gasteiger partial charge in [0.2, 0.25) is 0 Å². The highest BCUT2D eigenvalue weighted by atomic mass is 32.1. The zero-order chi connectivity index (χ0) is 20.6. The molecule has 2 atom stereocenters. The summed E-state index contributed by atoms with van der Waals surface area (Å²) in [5.74, 6) is -0.928. The summed E-state index contributed by atoms with van der Waals surface area (Å²) in [5.41, 5.74) is -0.246. The average Bonchev–Trinajstić information content (AvgIpc) is 3.11. The molecule has 4 rings (SSSR count). The quantitative estimate of drug-likeness (QED) is 0.568. The Bertz CT molecular complexity index is 997. The van der Waals surface area contributed by atoms with Crippen molar-refractivity contribution < 1.29 is 23.1 Å². The van der Waals surface area contributed by atoms with Gasteiger partial charge in [0.1, 0.15) is 6.04 Å². The maximum absolute atomic E-state index is 13.3. The number of carbonyl (C=O) groups is 1. The number of hydrogen-bond acceptors (Lipinski definition) is 3. The molecule has 0 spiro atoms. The standard InChI is InChI=1S/C22H20F3NO2S/c23-22(24,25)16-8-5-7-15(12-16)20(26-11-4-3-9-17(26)21(27)28)19-13-14-6-1-2-10-18(14)29-19/h1-2,5-8,10,12-13,17,20H,3-4,9,11H2,(H,27,28). The summed E-state index contributed by atoms with van der Waals surface area (Å²) < 4.78 is 41.1. The number of halogens is 3. The number of likely N-dealkylation sites (tertiary alicyclic amines) is 1. The van der Waals surface area contributed by atoms with Gasteiger partial charge in [0.05, 0.1) is 11.6 Å². The van der Waals surface area contributed by atoms with Gasteiger partial charge in [-0.2, -0.15) is 13.2 Å². The van der Waals surface area contributed by atoms with Crippen molar-refractivity contribution in [3.63, 3.8) is 0 Å². The van der Waals surface area contributed by atoms with Gasteiger partial charge in [-0.3, -0.25) is 9.69 Å². The summed E-state index contributed by atoms with van der Waals surface area (Å²) in [5, 5.41) is 10.8. The third kappa shape index (κ3) is 4.02. The number of benzene rings is 2. The number of nitrogens with zero attached hydrogens (tertiary/aromatic N) is 1. The summed E-state index contributed by atoms with van der Waals surface area (Å²) in [4.78, 5) is 14.6. The van der Waals surface area contributed by atoms with Gasteiger partial charge in [-0.15, -0.1) is 11.3 Å². The van der Waals surface area contributed by atoms with E-state index in [-0.39, 0.29) is 0 Å². The second-order valence-electron chi connectivity index (χ2n) is 7.30. The number of carboxylic acid groups (broad SMARTS) is 1. The maximum atomic E-state index is 13.3. The lowest BCUT2D eigenvalue weighted by Gasteiger charge is -2.39. The fourth-order valence-electron chi connectivity index (χ4n) is 4.07. The Balaban J connectivity index is 1.86. The summed E-state index contributed by atoms with van der Waals surface area (Å²) in [6.45, 7) is 0.534. The molecule has 0 bridgehead atoms. The van der Waals surface area contributed by atoms with Crippen LogP contribution >= 0.6 is 11.3 Å². The molecule has 2 unspecified atom stereocenters. The fourth-order valence-corrected chi connectivity index (χ4v) is 5.28. The maximum Gasteiger partial charge on any atom is 0.416 e. The highest BCUT2D eigenvalue weighted by molar-refractivity contribution is 7.19. The minimum Gasteiger partial charge on any atom is -0.480 e. The number of thiophene rings is 1. The molecule has 1 N–H and O–H groups in total. The van der Waals surface area contributed by atoms with Gasteiger partial charge in [0, 0.05) is 9.58 Å². The van der Waals surface area contributed by atoms with E-state index in [9.17, 15) is 23.1 Å². The number of hydrogen-bond donors (Lipinski definition) is 1. The first kappa shape index (κ1) is 19.9. The van der Waals surface area contributed by atoms with Gasteiger partial charge >= 0.3 is 12.1 Å². The lowest BCUT2D eigenvalue weighted by molar-refractivity contribution is -0.145. The molecule has 1 aliphatic rings. The number of aliphatic carboxylic acids is 1. The van der Waals surface area contributed by atoms with Crippen molar-refractivity contribution >= 4 is 27.4 Å². The van der Waals surface area contributed by atoms with E-state index in [0.717, 1.165) is 39.9 Å². The summed E-state index contributed by atoms with van der Waals surface area (Å²) in [6.07, 6.45) is -2.33. The van der Waals surface area contributed by atoms with Crippen LogP contribution in [0.2, 0.25) is 0 Å². The van der Waals surface area contributed by atoms with Gasteiger partial charge in [-0.25, -0.2) is 0 Å². The molecule has 0 amide bonds. The van der Waals surface area contributed by atoms with E-state index in [1.807, 2.05) is 35.2 Å². The van der Waals surface area contributed by atoms with Gasteiger partial charge in [0.25, 0.3) is 0 Å². The van der Waals surface area contributed by atoms with Crippen LogP contribution in [0.15, 0.2) is 54.6 Å². The molecule has 0 saturated carbocycles. The first-order valence-corrected chi connectivity index (χ1v) is 10.3. The molecular formula is C22H20F3NO2S. The van der Waals surface area contributed by atoms with Gasteiger partial charge in [-0.1, -0.05) is 36.8 Å². The van der Waals surface area contributed by atoms with Crippen LogP contribution in [0.25, 0.3) is 10.1 Å². The largest absolute Gasteiger partial charge is 0.480 e. The van der Waals surface area contributed by atoms with Crippen molar-refractivity contribution in [1.82, 2.24) is 4.90 Å². The van der Waals surface area contributed by atoms with E-state index in [0.29, 0.717) is 18.5 Å². The number of piperidine rings is 1. The first-order valence-electron chi connectivity index (χ1n) is 9.49. The van der Waals surface area contributed by atoms with E-state index in [4.69, 9.17) is 0 Å². The normalized spacial score (nSPS) is 19.3. The van der Waals surface area contributed by atoms with Crippen LogP contribution in [0.5, 0.6) is 0 Å². The van der Waals surface area contributed by atoms with Crippen molar-refractivity contribution in [2.45, 2.75) is 37.5 Å². The molecule has 29 heavy (non-hydrogen) atoms. The van der Waals surface area contributed by atoms with E-state index in [1.165, 1.54) is 17.4 Å². The average molecular weight is 419 g/mol. The smallest absolute Gasteiger partial charge is 0.416 e. The van der Waals surface area contributed by atoms with E-state index in [1.54, 1.807) is 6.07 Å². The molecule has 1 aromatic heterocycles.